The number of rotatable bonds is 11. The van der Waals surface area contributed by atoms with Crippen molar-refractivity contribution in [2.75, 3.05) is 32.0 Å². The number of aliphatic hydroxyl groups excluding tert-OH is 1. The number of nitrogen functional groups attached to an aromatic ring is 1. The van der Waals surface area contributed by atoms with E-state index in [1.54, 1.807) is 0 Å². The van der Waals surface area contributed by atoms with Crippen LogP contribution >= 0.6 is 11.8 Å². The highest BCUT2D eigenvalue weighted by atomic mass is 32.2. The molecule has 9 nitrogen and oxygen atoms in total. The first-order chi connectivity index (χ1) is 16.6. The van der Waals surface area contributed by atoms with Gasteiger partial charge in [0.1, 0.15) is 11.5 Å². The van der Waals surface area contributed by atoms with Gasteiger partial charge in [-0.15, -0.1) is 0 Å². The van der Waals surface area contributed by atoms with Gasteiger partial charge < -0.3 is 25.6 Å². The van der Waals surface area contributed by atoms with E-state index in [1.807, 2.05) is 44.2 Å². The van der Waals surface area contributed by atoms with E-state index < -0.39 is 27.6 Å². The van der Waals surface area contributed by atoms with E-state index in [0.717, 1.165) is 4.90 Å². The number of carbonyl (C=O) groups excluding carboxylic acids is 1. The Morgan fingerprint density at radius 2 is 1.89 bits per heavy atom. The Bertz CT molecular complexity index is 1040. The summed E-state index contributed by atoms with van der Waals surface area (Å²) in [5, 5.41) is 13.0. The molecule has 0 unspecified atom stereocenters. The molecular formula is C24H33N3O6S2. The summed E-state index contributed by atoms with van der Waals surface area (Å²) in [7, 11) is -3.91. The zero-order valence-corrected chi connectivity index (χ0v) is 21.5. The van der Waals surface area contributed by atoms with Gasteiger partial charge in [0.05, 0.1) is 24.2 Å². The Hall–Kier alpha value is -2.31. The number of nitrogens with two attached hydrogens (primary N) is 1. The third-order valence-corrected chi connectivity index (χ3v) is 8.33. The highest BCUT2D eigenvalue weighted by molar-refractivity contribution is 8.00. The number of aliphatic hydroxyl groups is 1. The minimum absolute atomic E-state index is 0.00581. The van der Waals surface area contributed by atoms with Gasteiger partial charge in [0.2, 0.25) is 10.0 Å². The minimum Gasteiger partial charge on any atom is -0.444 e. The molecule has 1 fully saturated rings. The Morgan fingerprint density at radius 3 is 2.49 bits per heavy atom. The number of alkyl carbamates (subject to hydrolysis) is 1. The van der Waals surface area contributed by atoms with Crippen LogP contribution < -0.4 is 11.1 Å². The summed E-state index contributed by atoms with van der Waals surface area (Å²) >= 11 is 1.22. The molecule has 3 atom stereocenters. The Balaban J connectivity index is 1.80. The number of benzene rings is 2. The van der Waals surface area contributed by atoms with Crippen molar-refractivity contribution in [3.8, 4) is 0 Å². The van der Waals surface area contributed by atoms with Crippen LogP contribution in [0.5, 0.6) is 0 Å². The number of thioether (sulfide) groups is 1. The van der Waals surface area contributed by atoms with Crippen molar-refractivity contribution in [3.63, 3.8) is 0 Å². The average molecular weight is 524 g/mol. The minimum atomic E-state index is -3.91. The highest BCUT2D eigenvalue weighted by Gasteiger charge is 2.32. The molecule has 0 radical (unpaired) electrons. The second-order valence-electron chi connectivity index (χ2n) is 8.74. The van der Waals surface area contributed by atoms with Gasteiger partial charge in [0, 0.05) is 30.1 Å². The smallest absolute Gasteiger partial charge is 0.408 e. The maximum atomic E-state index is 13.4. The summed E-state index contributed by atoms with van der Waals surface area (Å²) < 4.78 is 38.7. The Kier molecular flexibility index (Phi) is 9.81. The molecule has 192 valence electrons. The zero-order valence-electron chi connectivity index (χ0n) is 19.9. The Morgan fingerprint density at radius 1 is 1.20 bits per heavy atom. The molecule has 3 rings (SSSR count). The first-order valence-electron chi connectivity index (χ1n) is 11.5. The van der Waals surface area contributed by atoms with E-state index in [-0.39, 0.29) is 30.0 Å². The van der Waals surface area contributed by atoms with Gasteiger partial charge in [-0.1, -0.05) is 43.8 Å². The third-order valence-electron chi connectivity index (χ3n) is 5.25. The van der Waals surface area contributed by atoms with Gasteiger partial charge in [-0.3, -0.25) is 0 Å². The number of sulfonamides is 1. The van der Waals surface area contributed by atoms with Crippen LogP contribution in [0.2, 0.25) is 0 Å². The molecular weight excluding hydrogens is 490 g/mol. The number of hydrogen-bond acceptors (Lipinski definition) is 8. The van der Waals surface area contributed by atoms with Crippen LogP contribution in [0.1, 0.15) is 20.3 Å². The molecule has 1 saturated heterocycles. The molecule has 1 aliphatic rings. The van der Waals surface area contributed by atoms with Crippen molar-refractivity contribution in [2.24, 2.45) is 5.92 Å². The van der Waals surface area contributed by atoms with Gasteiger partial charge in [-0.2, -0.15) is 4.31 Å². The van der Waals surface area contributed by atoms with Crippen molar-refractivity contribution >= 4 is 33.6 Å². The van der Waals surface area contributed by atoms with Crippen molar-refractivity contribution in [1.82, 2.24) is 9.62 Å². The van der Waals surface area contributed by atoms with Crippen LogP contribution in [-0.4, -0.2) is 67.8 Å². The average Bonchev–Trinajstić information content (AvgIpc) is 3.31. The van der Waals surface area contributed by atoms with Crippen LogP contribution in [-0.2, 0) is 19.5 Å². The lowest BCUT2D eigenvalue weighted by atomic mass is 10.2. The lowest BCUT2D eigenvalue weighted by molar-refractivity contribution is 0.0743. The molecule has 11 heteroatoms. The van der Waals surface area contributed by atoms with E-state index in [1.165, 1.54) is 40.3 Å². The summed E-state index contributed by atoms with van der Waals surface area (Å²) in [6.45, 7) is 4.61. The van der Waals surface area contributed by atoms with Crippen molar-refractivity contribution in [3.05, 3.63) is 54.6 Å². The number of nitrogens with one attached hydrogen (secondary N) is 1. The molecule has 1 heterocycles. The number of amides is 1. The summed E-state index contributed by atoms with van der Waals surface area (Å²) in [6, 6.07) is 15.2. The molecule has 2 aromatic rings. The van der Waals surface area contributed by atoms with E-state index >= 15 is 0 Å². The number of nitrogens with zero attached hydrogens (tertiary/aromatic N) is 1. The molecule has 4 N–H and O–H groups in total. The predicted octanol–water partition coefficient (Wildman–Crippen LogP) is 2.91. The number of carbonyl (C=O) groups is 1. The van der Waals surface area contributed by atoms with Gasteiger partial charge in [-0.05, 0) is 42.3 Å². The van der Waals surface area contributed by atoms with E-state index in [2.05, 4.69) is 5.32 Å². The second-order valence-corrected chi connectivity index (χ2v) is 11.9. The van der Waals surface area contributed by atoms with Crippen LogP contribution in [0.4, 0.5) is 10.5 Å². The van der Waals surface area contributed by atoms with Crippen LogP contribution in [0.25, 0.3) is 0 Å². The lowest BCUT2D eigenvalue weighted by Gasteiger charge is -2.30. The van der Waals surface area contributed by atoms with Gasteiger partial charge in [0.15, 0.2) is 0 Å². The number of hydrogen-bond donors (Lipinski definition) is 3. The summed E-state index contributed by atoms with van der Waals surface area (Å²) in [5.41, 5.74) is 6.17. The van der Waals surface area contributed by atoms with Gasteiger partial charge >= 0.3 is 6.09 Å². The van der Waals surface area contributed by atoms with Crippen molar-refractivity contribution < 1.29 is 27.8 Å². The molecule has 0 bridgehead atoms. The number of ether oxygens (including phenoxy) is 2. The highest BCUT2D eigenvalue weighted by Crippen LogP contribution is 2.26. The zero-order chi connectivity index (χ0) is 25.4. The maximum absolute atomic E-state index is 13.4. The van der Waals surface area contributed by atoms with E-state index in [4.69, 9.17) is 15.2 Å². The van der Waals surface area contributed by atoms with Crippen LogP contribution in [0, 0.1) is 5.92 Å². The fraction of sp³-hybridized carbons (Fsp3) is 0.458. The van der Waals surface area contributed by atoms with Crippen LogP contribution in [0.3, 0.4) is 0 Å². The van der Waals surface area contributed by atoms with Gasteiger partial charge in [-0.25, -0.2) is 13.2 Å². The normalized spacial score (nSPS) is 17.9. The molecule has 2 aromatic carbocycles. The molecule has 35 heavy (non-hydrogen) atoms. The largest absolute Gasteiger partial charge is 0.444 e. The maximum Gasteiger partial charge on any atom is 0.408 e. The first-order valence-corrected chi connectivity index (χ1v) is 13.8. The number of anilines is 1. The van der Waals surface area contributed by atoms with Crippen molar-refractivity contribution in [1.29, 1.82) is 0 Å². The predicted molar refractivity (Wildman–Crippen MR) is 135 cm³/mol. The third kappa shape index (κ3) is 8.11. The fourth-order valence-corrected chi connectivity index (χ4v) is 6.16. The molecule has 0 aliphatic carbocycles. The SMILES string of the molecule is CC(C)CN(C[C@@H](O)[C@@H](NC(=O)O[C@H]1CCOC1)Sc1ccccc1)S(=O)(=O)c1ccc(N)cc1. The topological polar surface area (TPSA) is 131 Å². The molecule has 0 aromatic heterocycles. The lowest BCUT2D eigenvalue weighted by Crippen LogP contribution is -2.49. The molecule has 0 saturated carbocycles. The first kappa shape index (κ1) is 27.3. The quantitative estimate of drug-likeness (QED) is 0.233. The van der Waals surface area contributed by atoms with E-state index in [9.17, 15) is 18.3 Å². The molecule has 1 aliphatic heterocycles. The second kappa shape index (κ2) is 12.6. The molecule has 1 amide bonds. The van der Waals surface area contributed by atoms with Crippen LogP contribution in [0.15, 0.2) is 64.4 Å². The summed E-state index contributed by atoms with van der Waals surface area (Å²) in [5.74, 6) is 0.00581. The Labute approximate surface area is 211 Å². The van der Waals surface area contributed by atoms with E-state index in [0.29, 0.717) is 25.3 Å². The summed E-state index contributed by atoms with van der Waals surface area (Å²) in [4.78, 5) is 13.4. The van der Waals surface area contributed by atoms with Crippen molar-refractivity contribution in [2.45, 2.75) is 47.6 Å². The molecule has 0 spiro atoms. The fourth-order valence-electron chi connectivity index (χ4n) is 3.53. The summed E-state index contributed by atoms with van der Waals surface area (Å²) in [6.07, 6.45) is -1.66. The van der Waals surface area contributed by atoms with Gasteiger partial charge in [0.25, 0.3) is 0 Å². The monoisotopic (exact) mass is 523 g/mol. The standard InChI is InChI=1S/C24H33N3O6S2/c1-17(2)14-27(35(30,31)21-10-8-18(25)9-11-21)15-22(28)23(34-20-6-4-3-5-7-20)26-24(29)33-19-12-13-32-16-19/h3-11,17,19,22-23,28H,12-16,25H2,1-2H3,(H,26,29)/t19-,22+,23-/m0/s1.